The SMILES string of the molecule is CC(=O)N1CCCC[C@@H]1CC[C@@H]1CCCCN1. The fourth-order valence-electron chi connectivity index (χ4n) is 3.28. The number of hydrogen-bond donors (Lipinski definition) is 1. The van der Waals surface area contributed by atoms with Crippen molar-refractivity contribution in [1.82, 2.24) is 10.2 Å². The average molecular weight is 238 g/mol. The average Bonchev–Trinajstić information content (AvgIpc) is 2.38. The Morgan fingerprint density at radius 1 is 1.18 bits per heavy atom. The Morgan fingerprint density at radius 2 is 2.00 bits per heavy atom. The fraction of sp³-hybridized carbons (Fsp3) is 0.929. The van der Waals surface area contributed by atoms with Gasteiger partial charge in [-0.1, -0.05) is 6.42 Å². The van der Waals surface area contributed by atoms with Crippen LogP contribution in [-0.2, 0) is 4.79 Å². The van der Waals surface area contributed by atoms with Crippen molar-refractivity contribution in [2.24, 2.45) is 0 Å². The van der Waals surface area contributed by atoms with Crippen molar-refractivity contribution in [2.45, 2.75) is 70.4 Å². The minimum Gasteiger partial charge on any atom is -0.340 e. The van der Waals surface area contributed by atoms with E-state index in [-0.39, 0.29) is 5.91 Å². The molecular formula is C14H26N2O. The molecule has 2 rings (SSSR count). The van der Waals surface area contributed by atoms with E-state index in [1.54, 1.807) is 6.92 Å². The molecule has 2 aliphatic rings. The number of carbonyl (C=O) groups is 1. The van der Waals surface area contributed by atoms with Crippen molar-refractivity contribution in [3.8, 4) is 0 Å². The maximum absolute atomic E-state index is 11.6. The van der Waals surface area contributed by atoms with Gasteiger partial charge in [-0.25, -0.2) is 0 Å². The minimum absolute atomic E-state index is 0.270. The molecule has 0 spiro atoms. The maximum Gasteiger partial charge on any atom is 0.219 e. The molecule has 1 N–H and O–H groups in total. The largest absolute Gasteiger partial charge is 0.340 e. The number of nitrogens with zero attached hydrogens (tertiary/aromatic N) is 1. The number of hydrogen-bond acceptors (Lipinski definition) is 2. The van der Waals surface area contributed by atoms with E-state index in [2.05, 4.69) is 10.2 Å². The molecule has 0 aromatic rings. The minimum atomic E-state index is 0.270. The summed E-state index contributed by atoms with van der Waals surface area (Å²) >= 11 is 0. The summed E-state index contributed by atoms with van der Waals surface area (Å²) in [4.78, 5) is 13.7. The van der Waals surface area contributed by atoms with E-state index >= 15 is 0 Å². The van der Waals surface area contributed by atoms with Gasteiger partial charge in [0.05, 0.1) is 0 Å². The number of rotatable bonds is 3. The first-order valence-electron chi connectivity index (χ1n) is 7.28. The third kappa shape index (κ3) is 3.70. The van der Waals surface area contributed by atoms with Crippen molar-refractivity contribution < 1.29 is 4.79 Å². The highest BCUT2D eigenvalue weighted by molar-refractivity contribution is 5.73. The normalized spacial score (nSPS) is 30.3. The Kier molecular flexibility index (Phi) is 4.84. The quantitative estimate of drug-likeness (QED) is 0.818. The zero-order chi connectivity index (χ0) is 12.1. The number of carbonyl (C=O) groups excluding carboxylic acids is 1. The van der Waals surface area contributed by atoms with Crippen molar-refractivity contribution in [1.29, 1.82) is 0 Å². The van der Waals surface area contributed by atoms with E-state index in [4.69, 9.17) is 0 Å². The fourth-order valence-corrected chi connectivity index (χ4v) is 3.28. The lowest BCUT2D eigenvalue weighted by Gasteiger charge is -2.36. The monoisotopic (exact) mass is 238 g/mol. The molecule has 1 amide bonds. The highest BCUT2D eigenvalue weighted by Crippen LogP contribution is 2.23. The Bertz CT molecular complexity index is 249. The van der Waals surface area contributed by atoms with E-state index in [9.17, 15) is 4.79 Å². The number of nitrogens with one attached hydrogen (secondary N) is 1. The van der Waals surface area contributed by atoms with E-state index < -0.39 is 0 Å². The first-order valence-corrected chi connectivity index (χ1v) is 7.28. The molecule has 2 heterocycles. The second kappa shape index (κ2) is 6.39. The Morgan fingerprint density at radius 3 is 2.71 bits per heavy atom. The molecule has 2 atom stereocenters. The third-order valence-corrected chi connectivity index (χ3v) is 4.29. The van der Waals surface area contributed by atoms with Gasteiger partial charge < -0.3 is 10.2 Å². The zero-order valence-corrected chi connectivity index (χ0v) is 11.1. The second-order valence-corrected chi connectivity index (χ2v) is 5.59. The molecule has 0 radical (unpaired) electrons. The smallest absolute Gasteiger partial charge is 0.219 e. The van der Waals surface area contributed by atoms with Crippen LogP contribution in [0.2, 0.25) is 0 Å². The van der Waals surface area contributed by atoms with Gasteiger partial charge in [0.15, 0.2) is 0 Å². The van der Waals surface area contributed by atoms with Crippen LogP contribution in [0.1, 0.15) is 58.3 Å². The highest BCUT2D eigenvalue weighted by Gasteiger charge is 2.25. The summed E-state index contributed by atoms with van der Waals surface area (Å²) in [6, 6.07) is 1.23. The summed E-state index contributed by atoms with van der Waals surface area (Å²) in [7, 11) is 0. The molecule has 17 heavy (non-hydrogen) atoms. The molecule has 98 valence electrons. The van der Waals surface area contributed by atoms with Crippen LogP contribution < -0.4 is 5.32 Å². The maximum atomic E-state index is 11.6. The molecule has 0 aromatic carbocycles. The molecule has 2 fully saturated rings. The summed E-state index contributed by atoms with van der Waals surface area (Å²) in [5.41, 5.74) is 0. The van der Waals surface area contributed by atoms with Gasteiger partial charge in [0.25, 0.3) is 0 Å². The molecule has 2 aliphatic heterocycles. The predicted octanol–water partition coefficient (Wildman–Crippen LogP) is 2.31. The van der Waals surface area contributed by atoms with Gasteiger partial charge in [-0.3, -0.25) is 4.79 Å². The highest BCUT2D eigenvalue weighted by atomic mass is 16.2. The standard InChI is InChI=1S/C14H26N2O/c1-12(17)16-11-5-3-7-14(16)9-8-13-6-2-4-10-15-13/h13-15H,2-11H2,1H3/t13-,14+/m0/s1. The third-order valence-electron chi connectivity index (χ3n) is 4.29. The van der Waals surface area contributed by atoms with Gasteiger partial charge in [-0.05, 0) is 51.5 Å². The van der Waals surface area contributed by atoms with Gasteiger partial charge in [0.1, 0.15) is 0 Å². The van der Waals surface area contributed by atoms with Crippen molar-refractivity contribution in [3.63, 3.8) is 0 Å². The molecule has 2 saturated heterocycles. The van der Waals surface area contributed by atoms with Crippen LogP contribution in [0.4, 0.5) is 0 Å². The molecule has 0 bridgehead atoms. The van der Waals surface area contributed by atoms with Crippen LogP contribution in [0, 0.1) is 0 Å². The first-order chi connectivity index (χ1) is 8.27. The summed E-state index contributed by atoms with van der Waals surface area (Å²) in [6.45, 7) is 3.89. The summed E-state index contributed by atoms with van der Waals surface area (Å²) in [5.74, 6) is 0.270. The Labute approximate surface area is 105 Å². The number of piperidine rings is 2. The van der Waals surface area contributed by atoms with Crippen LogP contribution in [0.15, 0.2) is 0 Å². The number of likely N-dealkylation sites (tertiary alicyclic amines) is 1. The van der Waals surface area contributed by atoms with Crippen molar-refractivity contribution in [3.05, 3.63) is 0 Å². The van der Waals surface area contributed by atoms with Gasteiger partial charge in [0.2, 0.25) is 5.91 Å². The summed E-state index contributed by atoms with van der Waals surface area (Å²) in [6.07, 6.45) is 10.2. The molecular weight excluding hydrogens is 212 g/mol. The Balaban J connectivity index is 1.77. The van der Waals surface area contributed by atoms with Gasteiger partial charge in [0, 0.05) is 25.6 Å². The zero-order valence-electron chi connectivity index (χ0n) is 11.1. The van der Waals surface area contributed by atoms with Crippen molar-refractivity contribution >= 4 is 5.91 Å². The van der Waals surface area contributed by atoms with E-state index in [1.165, 1.54) is 57.9 Å². The van der Waals surface area contributed by atoms with Gasteiger partial charge in [-0.15, -0.1) is 0 Å². The van der Waals surface area contributed by atoms with Crippen LogP contribution in [0.3, 0.4) is 0 Å². The van der Waals surface area contributed by atoms with Gasteiger partial charge >= 0.3 is 0 Å². The summed E-state index contributed by atoms with van der Waals surface area (Å²) in [5, 5.41) is 3.60. The van der Waals surface area contributed by atoms with Crippen LogP contribution >= 0.6 is 0 Å². The lowest BCUT2D eigenvalue weighted by molar-refractivity contribution is -0.132. The van der Waals surface area contributed by atoms with E-state index in [0.717, 1.165) is 6.54 Å². The van der Waals surface area contributed by atoms with Crippen molar-refractivity contribution in [2.75, 3.05) is 13.1 Å². The lowest BCUT2D eigenvalue weighted by Crippen LogP contribution is -2.43. The van der Waals surface area contributed by atoms with Crippen LogP contribution in [0.25, 0.3) is 0 Å². The molecule has 3 heteroatoms. The second-order valence-electron chi connectivity index (χ2n) is 5.59. The Hall–Kier alpha value is -0.570. The summed E-state index contributed by atoms with van der Waals surface area (Å²) < 4.78 is 0. The number of amides is 1. The molecule has 0 aliphatic carbocycles. The van der Waals surface area contributed by atoms with E-state index in [1.807, 2.05) is 0 Å². The lowest BCUT2D eigenvalue weighted by atomic mass is 9.93. The molecule has 0 aromatic heterocycles. The van der Waals surface area contributed by atoms with Crippen LogP contribution in [0.5, 0.6) is 0 Å². The van der Waals surface area contributed by atoms with Crippen LogP contribution in [-0.4, -0.2) is 36.0 Å². The molecule has 0 unspecified atom stereocenters. The van der Waals surface area contributed by atoms with E-state index in [0.29, 0.717) is 12.1 Å². The predicted molar refractivity (Wildman–Crippen MR) is 69.9 cm³/mol. The topological polar surface area (TPSA) is 32.3 Å². The van der Waals surface area contributed by atoms with Gasteiger partial charge in [-0.2, -0.15) is 0 Å². The molecule has 0 saturated carbocycles. The first kappa shape index (κ1) is 12.9. The molecule has 3 nitrogen and oxygen atoms in total.